The number of phenolic OH excluding ortho intramolecular Hbond substituents is 1. The Morgan fingerprint density at radius 3 is 2.52 bits per heavy atom. The average molecular weight is 465 g/mol. The molecular weight excluding hydrogens is 444 g/mol. The third-order valence-electron chi connectivity index (χ3n) is 5.45. The van der Waals surface area contributed by atoms with Gasteiger partial charge in [0.05, 0.1) is 41.5 Å². The standard InChI is InChI=1S/C25H21ClN2O5/c1-14-11-18(24(33-2)19(26)12-14)22(30)20-21(15-6-8-17(29)9-7-15)28(25(32)23(20)31)13-16-5-3-4-10-27-16/h3-12,21,29-30H,13H2,1-2H3/b22-20+. The van der Waals surface area contributed by atoms with Gasteiger partial charge in [-0.15, -0.1) is 0 Å². The first-order valence-electron chi connectivity index (χ1n) is 10.1. The number of ether oxygens (including phenoxy) is 1. The van der Waals surface area contributed by atoms with Gasteiger partial charge in [-0.1, -0.05) is 29.8 Å². The molecule has 3 aromatic rings. The third-order valence-corrected chi connectivity index (χ3v) is 5.74. The number of aryl methyl sites for hydroxylation is 1. The number of carbonyl (C=O) groups excluding carboxylic acids is 2. The summed E-state index contributed by atoms with van der Waals surface area (Å²) in [7, 11) is 1.41. The van der Waals surface area contributed by atoms with Gasteiger partial charge in [0, 0.05) is 6.20 Å². The SMILES string of the molecule is COc1c(Cl)cc(C)cc1/C(O)=C1\C(=O)C(=O)N(Cc2ccccn2)C1c1ccc(O)cc1. The number of Topliss-reactive ketones (excluding diaryl/α,β-unsaturated/α-hetero) is 1. The Labute approximate surface area is 195 Å². The van der Waals surface area contributed by atoms with Crippen LogP contribution in [-0.2, 0) is 16.1 Å². The van der Waals surface area contributed by atoms with Crippen molar-refractivity contribution in [1.29, 1.82) is 0 Å². The molecule has 33 heavy (non-hydrogen) atoms. The van der Waals surface area contributed by atoms with E-state index < -0.39 is 23.5 Å². The number of likely N-dealkylation sites (tertiary alicyclic amines) is 1. The van der Waals surface area contributed by atoms with Crippen molar-refractivity contribution in [3.63, 3.8) is 0 Å². The fraction of sp³-hybridized carbons (Fsp3) is 0.160. The van der Waals surface area contributed by atoms with Gasteiger partial charge >= 0.3 is 0 Å². The van der Waals surface area contributed by atoms with Gasteiger partial charge in [0.15, 0.2) is 0 Å². The second kappa shape index (κ2) is 8.96. The molecular formula is C25H21ClN2O5. The molecule has 1 atom stereocenters. The molecule has 1 fully saturated rings. The predicted octanol–water partition coefficient (Wildman–Crippen LogP) is 4.38. The van der Waals surface area contributed by atoms with Crippen LogP contribution in [0, 0.1) is 6.92 Å². The minimum absolute atomic E-state index is 0.0348. The van der Waals surface area contributed by atoms with E-state index in [0.717, 1.165) is 5.56 Å². The normalized spacial score (nSPS) is 17.4. The second-order valence-electron chi connectivity index (χ2n) is 7.67. The molecule has 4 rings (SSSR count). The summed E-state index contributed by atoms with van der Waals surface area (Å²) in [6.45, 7) is 1.85. The van der Waals surface area contributed by atoms with Gasteiger partial charge in [-0.25, -0.2) is 0 Å². The van der Waals surface area contributed by atoms with Crippen molar-refractivity contribution in [2.45, 2.75) is 19.5 Å². The highest BCUT2D eigenvalue weighted by atomic mass is 35.5. The topological polar surface area (TPSA) is 100.0 Å². The number of benzene rings is 2. The highest BCUT2D eigenvalue weighted by Gasteiger charge is 2.46. The lowest BCUT2D eigenvalue weighted by molar-refractivity contribution is -0.140. The lowest BCUT2D eigenvalue weighted by Gasteiger charge is -2.25. The number of hydrogen-bond donors (Lipinski definition) is 2. The first kappa shape index (κ1) is 22.4. The van der Waals surface area contributed by atoms with Crippen molar-refractivity contribution in [1.82, 2.24) is 9.88 Å². The Balaban J connectivity index is 1.93. The summed E-state index contributed by atoms with van der Waals surface area (Å²) in [5.74, 6) is -1.76. The highest BCUT2D eigenvalue weighted by Crippen LogP contribution is 2.43. The minimum atomic E-state index is -0.906. The Hall–Kier alpha value is -3.84. The van der Waals surface area contributed by atoms with E-state index in [1.165, 1.54) is 24.1 Å². The maximum absolute atomic E-state index is 13.2. The van der Waals surface area contributed by atoms with Crippen LogP contribution < -0.4 is 4.74 Å². The second-order valence-corrected chi connectivity index (χ2v) is 8.07. The number of aromatic hydroxyl groups is 1. The molecule has 2 aromatic carbocycles. The Morgan fingerprint density at radius 2 is 1.88 bits per heavy atom. The zero-order valence-electron chi connectivity index (χ0n) is 17.9. The van der Waals surface area contributed by atoms with Crippen LogP contribution in [0.4, 0.5) is 0 Å². The summed E-state index contributed by atoms with van der Waals surface area (Å²) in [6.07, 6.45) is 1.60. The van der Waals surface area contributed by atoms with Gasteiger partial charge in [0.25, 0.3) is 11.7 Å². The molecule has 168 valence electrons. The maximum atomic E-state index is 13.2. The number of phenols is 1. The monoisotopic (exact) mass is 464 g/mol. The van der Waals surface area contributed by atoms with Crippen LogP contribution in [0.5, 0.6) is 11.5 Å². The summed E-state index contributed by atoms with van der Waals surface area (Å²) in [5.41, 5.74) is 1.98. The van der Waals surface area contributed by atoms with Crippen molar-refractivity contribution in [3.8, 4) is 11.5 Å². The highest BCUT2D eigenvalue weighted by molar-refractivity contribution is 6.46. The number of methoxy groups -OCH3 is 1. The number of halogens is 1. The molecule has 0 bridgehead atoms. The molecule has 1 unspecified atom stereocenters. The molecule has 0 radical (unpaired) electrons. The smallest absolute Gasteiger partial charge is 0.296 e. The molecule has 1 aliphatic rings. The summed E-state index contributed by atoms with van der Waals surface area (Å²) in [6, 6.07) is 13.8. The number of rotatable bonds is 5. The van der Waals surface area contributed by atoms with Crippen molar-refractivity contribution in [2.75, 3.05) is 7.11 Å². The van der Waals surface area contributed by atoms with Crippen molar-refractivity contribution >= 4 is 29.1 Å². The molecule has 0 spiro atoms. The Morgan fingerprint density at radius 1 is 1.15 bits per heavy atom. The number of pyridine rings is 1. The van der Waals surface area contributed by atoms with Gasteiger partial charge in [-0.3, -0.25) is 14.6 Å². The zero-order chi connectivity index (χ0) is 23.7. The lowest BCUT2D eigenvalue weighted by atomic mass is 9.94. The summed E-state index contributed by atoms with van der Waals surface area (Å²) < 4.78 is 5.37. The molecule has 0 aliphatic carbocycles. The lowest BCUT2D eigenvalue weighted by Crippen LogP contribution is -2.29. The van der Waals surface area contributed by atoms with Gasteiger partial charge < -0.3 is 19.8 Å². The van der Waals surface area contributed by atoms with Crippen molar-refractivity contribution < 1.29 is 24.5 Å². The molecule has 1 aromatic heterocycles. The molecule has 0 saturated carbocycles. The van der Waals surface area contributed by atoms with E-state index in [4.69, 9.17) is 16.3 Å². The van der Waals surface area contributed by atoms with E-state index in [9.17, 15) is 19.8 Å². The number of nitrogens with zero attached hydrogens (tertiary/aromatic N) is 2. The van der Waals surface area contributed by atoms with Gasteiger partial charge in [0.1, 0.15) is 17.3 Å². The summed E-state index contributed by atoms with van der Waals surface area (Å²) in [4.78, 5) is 31.9. The van der Waals surface area contributed by atoms with E-state index in [1.807, 2.05) is 0 Å². The summed E-state index contributed by atoms with van der Waals surface area (Å²) in [5, 5.41) is 21.3. The van der Waals surface area contributed by atoms with Crippen LogP contribution in [0.25, 0.3) is 5.76 Å². The number of aliphatic hydroxyl groups excluding tert-OH is 1. The number of aliphatic hydroxyl groups is 1. The summed E-state index contributed by atoms with van der Waals surface area (Å²) >= 11 is 6.30. The van der Waals surface area contributed by atoms with E-state index in [1.54, 1.807) is 55.6 Å². The van der Waals surface area contributed by atoms with Gasteiger partial charge in [-0.05, 0) is 54.4 Å². The molecule has 8 heteroatoms. The molecule has 7 nitrogen and oxygen atoms in total. The van der Waals surface area contributed by atoms with E-state index in [2.05, 4.69) is 4.98 Å². The van der Waals surface area contributed by atoms with Crippen LogP contribution in [0.2, 0.25) is 5.02 Å². The van der Waals surface area contributed by atoms with E-state index >= 15 is 0 Å². The number of ketones is 1. The number of amides is 1. The van der Waals surface area contributed by atoms with Gasteiger partial charge in [0.2, 0.25) is 0 Å². The number of carbonyl (C=O) groups is 2. The maximum Gasteiger partial charge on any atom is 0.296 e. The van der Waals surface area contributed by atoms with Crippen LogP contribution in [-0.4, -0.2) is 38.9 Å². The Bertz CT molecular complexity index is 1260. The number of aromatic nitrogens is 1. The third kappa shape index (κ3) is 4.15. The van der Waals surface area contributed by atoms with Gasteiger partial charge in [-0.2, -0.15) is 0 Å². The molecule has 2 heterocycles. The molecule has 2 N–H and O–H groups in total. The van der Waals surface area contributed by atoms with E-state index in [0.29, 0.717) is 11.3 Å². The molecule has 1 amide bonds. The van der Waals surface area contributed by atoms with Crippen molar-refractivity contribution in [2.24, 2.45) is 0 Å². The largest absolute Gasteiger partial charge is 0.508 e. The van der Waals surface area contributed by atoms with E-state index in [-0.39, 0.29) is 34.2 Å². The first-order valence-corrected chi connectivity index (χ1v) is 10.5. The van der Waals surface area contributed by atoms with Crippen molar-refractivity contribution in [3.05, 3.63) is 93.8 Å². The molecule has 1 saturated heterocycles. The Kier molecular flexibility index (Phi) is 6.07. The van der Waals surface area contributed by atoms with Crippen LogP contribution in [0.1, 0.15) is 28.4 Å². The molecule has 1 aliphatic heterocycles. The van der Waals surface area contributed by atoms with Crippen LogP contribution in [0.3, 0.4) is 0 Å². The predicted molar refractivity (Wildman–Crippen MR) is 123 cm³/mol. The minimum Gasteiger partial charge on any atom is -0.508 e. The first-order chi connectivity index (χ1) is 15.8. The quantitative estimate of drug-likeness (QED) is 0.330. The fourth-order valence-electron chi connectivity index (χ4n) is 3.97. The van der Waals surface area contributed by atoms with Crippen LogP contribution >= 0.6 is 11.6 Å². The number of hydrogen-bond acceptors (Lipinski definition) is 6. The van der Waals surface area contributed by atoms with Crippen LogP contribution in [0.15, 0.2) is 66.4 Å². The average Bonchev–Trinajstić information content (AvgIpc) is 3.04. The fourth-order valence-corrected chi connectivity index (χ4v) is 4.32. The zero-order valence-corrected chi connectivity index (χ0v) is 18.7.